The lowest BCUT2D eigenvalue weighted by atomic mass is 9.44. The number of tetrazole rings is 1. The Kier molecular flexibility index (Phi) is 23.0. The van der Waals surface area contributed by atoms with Crippen LogP contribution in [-0.4, -0.2) is 113 Å². The molecule has 20 rings (SSSR count). The molecule has 16 aliphatic rings. The van der Waals surface area contributed by atoms with E-state index >= 15 is 0 Å². The van der Waals surface area contributed by atoms with E-state index < -0.39 is 16.8 Å². The molecule has 16 fully saturated rings. The SMILES string of the molecule is CC(C)OC[C@]12CC[C@@H](O)C[C@H]1CC[C@H]1[C@@H]3CC[C@H](C(=O)Cn4cncn4)[C@@]3(C)CC[C@@H]12.CCc1cc([C@H]2CC[C@H]3[C@@H]4CC[C@@H]5C[C@](C)(O)CC[C@@H]5[C@H]4CC[C@]23C)no1.CCc1cc([C@H]2CC[C@H]3[C@@H]4CC[C@H]5C[C@](C)(O)CC[C@@H]5[C@H]4CC[C@]23C)no1.C[C@@]1(O)CC[C@H]2[C@@H](CC[C@@H]3[C@@H]2CC[C@]2(C)[C@@H](C(=O)Cn4ncnn4)CC[C@@H]32)C1. The molecule has 4 aromatic rings. The highest BCUT2D eigenvalue weighted by Gasteiger charge is 2.65. The van der Waals surface area contributed by atoms with E-state index in [1.54, 1.807) is 11.0 Å². The fraction of sp³-hybridized carbons (Fsp3) is 0.885. The lowest BCUT2D eigenvalue weighted by Gasteiger charge is -2.61. The van der Waals surface area contributed by atoms with Crippen LogP contribution in [0.25, 0.3) is 0 Å². The summed E-state index contributed by atoms with van der Waals surface area (Å²) in [5.41, 5.74) is 2.51. The number of rotatable bonds is 13. The van der Waals surface area contributed by atoms with Gasteiger partial charge in [0.15, 0.2) is 17.9 Å². The molecule has 4 aromatic heterocycles. The molecule has 18 nitrogen and oxygen atoms in total. The molecule has 16 aliphatic carbocycles. The van der Waals surface area contributed by atoms with Gasteiger partial charge in [0.2, 0.25) is 0 Å². The van der Waals surface area contributed by atoms with Gasteiger partial charge in [-0.3, -0.25) is 9.59 Å². The first-order valence-corrected chi connectivity index (χ1v) is 47.5. The lowest BCUT2D eigenvalue weighted by Crippen LogP contribution is -2.57. The maximum absolute atomic E-state index is 13.3. The molecule has 0 aliphatic heterocycles. The van der Waals surface area contributed by atoms with Crippen LogP contribution in [-0.2, 0) is 40.3 Å². The van der Waals surface area contributed by atoms with Crippen molar-refractivity contribution in [3.63, 3.8) is 0 Å². The highest BCUT2D eigenvalue weighted by molar-refractivity contribution is 5.82. The Balaban J connectivity index is 0.000000110. The number of ether oxygens (including phenoxy) is 1. The molecular formula is C96H149N9O9. The Morgan fingerprint density at radius 3 is 1.38 bits per heavy atom. The van der Waals surface area contributed by atoms with Gasteiger partial charge >= 0.3 is 0 Å². The average molecular weight is 1570 g/mol. The van der Waals surface area contributed by atoms with Gasteiger partial charge in [0.05, 0.1) is 47.0 Å². The van der Waals surface area contributed by atoms with Crippen LogP contribution in [0, 0.1) is 151 Å². The van der Waals surface area contributed by atoms with E-state index in [-0.39, 0.29) is 46.8 Å². The number of aromatic nitrogens is 9. The topological polar surface area (TPSA) is 251 Å². The molecule has 16 saturated carbocycles. The van der Waals surface area contributed by atoms with Gasteiger partial charge < -0.3 is 34.2 Å². The molecule has 0 bridgehead atoms. The fourth-order valence-corrected chi connectivity index (χ4v) is 33.3. The van der Waals surface area contributed by atoms with Crippen molar-refractivity contribution in [2.24, 2.45) is 151 Å². The van der Waals surface area contributed by atoms with Crippen molar-refractivity contribution < 1.29 is 43.8 Å². The standard InChI is InChI=1S/C26H41N3O3.2C24H37NO2.C22H34N4O2/c1-17(2)32-14-26-11-8-19(30)12-18(26)4-5-20-21-6-7-23(25(21,3)10-9-22(20)26)24(31)13-29-16-27-15-28-29;2*1-4-16-13-22(25-27-16)21-8-7-20-19-6-5-15-14-23(2,26)11-9-17(15)18(19)10-12-24(20,21)3;1-21(28)9-7-15-14(11-21)3-4-17-16(15)8-10-22(2)18(17)5-6-19(22)20(27)12-26-24-13-23-25-26/h15-23,30H,4-14H2,1-3H3;2*13,15,17-21,26H,4-12,14H2,1-3H3;13-19,28H,3-12H2,1-2H3/t18-,19-,20+,21+,22+,23-,25+,26-;15-,17+,18-,19-,20+,21-,23-,24+;15-,17-,18+,19+,20-,21+,23+,24-;14-,15-,16+,17+,18-,19+,21+,22-/m1100/s1. The van der Waals surface area contributed by atoms with Gasteiger partial charge in [0.25, 0.3) is 0 Å². The molecular weight excluding hydrogens is 1420 g/mol. The number of carbonyl (C=O) groups is 2. The Hall–Kier alpha value is -4.23. The van der Waals surface area contributed by atoms with Gasteiger partial charge in [-0.2, -0.15) is 9.90 Å². The van der Waals surface area contributed by atoms with Gasteiger partial charge in [-0.1, -0.05) is 51.9 Å². The van der Waals surface area contributed by atoms with E-state index in [0.29, 0.717) is 76.3 Å². The summed E-state index contributed by atoms with van der Waals surface area (Å²) in [6, 6.07) is 4.48. The van der Waals surface area contributed by atoms with Crippen molar-refractivity contribution in [3.05, 3.63) is 54.0 Å². The van der Waals surface area contributed by atoms with Gasteiger partial charge in [-0.25, -0.2) is 9.67 Å². The third-order valence-corrected chi connectivity index (χ3v) is 38.5. The van der Waals surface area contributed by atoms with E-state index in [4.69, 9.17) is 13.8 Å². The van der Waals surface area contributed by atoms with Crippen molar-refractivity contribution in [2.45, 2.75) is 374 Å². The minimum atomic E-state index is -0.447. The van der Waals surface area contributed by atoms with Crippen LogP contribution in [0.3, 0.4) is 0 Å². The van der Waals surface area contributed by atoms with Crippen LogP contribution in [0.2, 0.25) is 0 Å². The van der Waals surface area contributed by atoms with Gasteiger partial charge in [0, 0.05) is 48.6 Å². The van der Waals surface area contributed by atoms with Gasteiger partial charge in [-0.15, -0.1) is 10.2 Å². The van der Waals surface area contributed by atoms with E-state index in [1.807, 2.05) is 6.92 Å². The summed E-state index contributed by atoms with van der Waals surface area (Å²) in [4.78, 5) is 31.8. The highest BCUT2D eigenvalue weighted by atomic mass is 16.5. The summed E-state index contributed by atoms with van der Waals surface area (Å²) < 4.78 is 19.2. The van der Waals surface area contributed by atoms with Crippen LogP contribution in [0.15, 0.2) is 40.2 Å². The van der Waals surface area contributed by atoms with E-state index in [9.17, 15) is 30.0 Å². The van der Waals surface area contributed by atoms with Crippen LogP contribution < -0.4 is 0 Å². The largest absolute Gasteiger partial charge is 0.393 e. The Labute approximate surface area is 683 Å². The lowest BCUT2D eigenvalue weighted by molar-refractivity contribution is -0.170. The third-order valence-electron chi connectivity index (χ3n) is 38.5. The molecule has 0 radical (unpaired) electrons. The number of hydrogen-bond donors (Lipinski definition) is 4. The van der Waals surface area contributed by atoms with E-state index in [2.05, 4.69) is 117 Å². The molecule has 0 spiro atoms. The predicted molar refractivity (Wildman–Crippen MR) is 438 cm³/mol. The minimum Gasteiger partial charge on any atom is -0.393 e. The second-order valence-corrected chi connectivity index (χ2v) is 44.5. The molecule has 0 saturated heterocycles. The molecule has 632 valence electrons. The fourth-order valence-electron chi connectivity index (χ4n) is 33.3. The maximum Gasteiger partial charge on any atom is 0.162 e. The number of Topliss-reactive ketones (excluding diaryl/α,β-unsaturated/α-hetero) is 2. The number of hydrogen-bond acceptors (Lipinski definition) is 16. The van der Waals surface area contributed by atoms with Crippen molar-refractivity contribution in [1.82, 2.24) is 45.3 Å². The molecule has 0 unspecified atom stereocenters. The summed E-state index contributed by atoms with van der Waals surface area (Å²) in [7, 11) is 0. The Bertz CT molecular complexity index is 3810. The Morgan fingerprint density at radius 2 is 0.921 bits per heavy atom. The van der Waals surface area contributed by atoms with Crippen LogP contribution in [0.1, 0.15) is 342 Å². The van der Waals surface area contributed by atoms with Crippen molar-refractivity contribution in [2.75, 3.05) is 6.61 Å². The van der Waals surface area contributed by atoms with Crippen molar-refractivity contribution >= 4 is 11.6 Å². The molecule has 18 heteroatoms. The zero-order chi connectivity index (χ0) is 79.7. The molecule has 4 heterocycles. The highest BCUT2D eigenvalue weighted by Crippen LogP contribution is 2.72. The van der Waals surface area contributed by atoms with E-state index in [1.165, 1.54) is 183 Å². The Morgan fingerprint density at radius 1 is 0.474 bits per heavy atom. The number of aliphatic hydroxyl groups is 4. The summed E-state index contributed by atoms with van der Waals surface area (Å²) in [5, 5.41) is 66.9. The smallest absolute Gasteiger partial charge is 0.162 e. The summed E-state index contributed by atoms with van der Waals surface area (Å²) in [5.74, 6) is 19.3. The first-order valence-electron chi connectivity index (χ1n) is 47.5. The zero-order valence-electron chi connectivity index (χ0n) is 72.2. The van der Waals surface area contributed by atoms with E-state index in [0.717, 1.165) is 185 Å². The number of ketones is 2. The minimum absolute atomic E-state index is 0.111. The predicted octanol–water partition coefficient (Wildman–Crippen LogP) is 19.0. The first kappa shape index (κ1) is 82.1. The number of carbonyl (C=O) groups excluding carboxylic acids is 2. The van der Waals surface area contributed by atoms with Crippen LogP contribution >= 0.6 is 0 Å². The molecule has 32 atom stereocenters. The summed E-state index contributed by atoms with van der Waals surface area (Å²) in [6.07, 6.45) is 50.0. The molecule has 0 aromatic carbocycles. The van der Waals surface area contributed by atoms with Crippen LogP contribution in [0.4, 0.5) is 0 Å². The second-order valence-electron chi connectivity index (χ2n) is 44.5. The average Bonchev–Trinajstić information content (AvgIpc) is 1.62. The molecule has 4 N–H and O–H groups in total. The van der Waals surface area contributed by atoms with Gasteiger partial charge in [0.1, 0.15) is 37.3 Å². The number of aryl methyl sites for hydroxylation is 2. The summed E-state index contributed by atoms with van der Waals surface area (Å²) >= 11 is 0. The maximum atomic E-state index is 13.3. The van der Waals surface area contributed by atoms with Crippen molar-refractivity contribution in [1.29, 1.82) is 0 Å². The quantitative estimate of drug-likeness (QED) is 0.0971. The van der Waals surface area contributed by atoms with Gasteiger partial charge in [-0.05, 0) is 410 Å². The first-order chi connectivity index (χ1) is 54.5. The monoisotopic (exact) mass is 1570 g/mol. The third kappa shape index (κ3) is 15.1. The molecule has 0 amide bonds. The number of aliphatic hydroxyl groups excluding tert-OH is 1. The van der Waals surface area contributed by atoms with Crippen LogP contribution in [0.5, 0.6) is 0 Å². The summed E-state index contributed by atoms with van der Waals surface area (Å²) in [6.45, 7) is 26.2. The van der Waals surface area contributed by atoms with Crippen molar-refractivity contribution in [3.8, 4) is 0 Å². The number of fused-ring (bicyclic) bond motifs is 20. The second kappa shape index (κ2) is 32.0. The normalized spacial score (nSPS) is 47.3. The zero-order valence-corrected chi connectivity index (χ0v) is 72.2. The number of nitrogens with zero attached hydrogens (tertiary/aromatic N) is 9. The molecule has 114 heavy (non-hydrogen) atoms.